The van der Waals surface area contributed by atoms with Crippen molar-refractivity contribution in [3.05, 3.63) is 38.8 Å². The van der Waals surface area contributed by atoms with E-state index < -0.39 is 10.0 Å². The number of aromatic nitrogens is 1. The van der Waals surface area contributed by atoms with Crippen molar-refractivity contribution in [1.29, 1.82) is 0 Å². The van der Waals surface area contributed by atoms with E-state index in [0.717, 1.165) is 0 Å². The second kappa shape index (κ2) is 5.64. The Labute approximate surface area is 124 Å². The lowest BCUT2D eigenvalue weighted by Gasteiger charge is -2.09. The predicted molar refractivity (Wildman–Crippen MR) is 77.0 cm³/mol. The Balaban J connectivity index is 2.27. The van der Waals surface area contributed by atoms with Crippen LogP contribution in [0.4, 0.5) is 5.69 Å². The monoisotopic (exact) mass is 337 g/mol. The van der Waals surface area contributed by atoms with Crippen LogP contribution in [0, 0.1) is 0 Å². The minimum absolute atomic E-state index is 0.0415. The van der Waals surface area contributed by atoms with Crippen molar-refractivity contribution in [2.24, 2.45) is 0 Å². The third-order valence-corrected chi connectivity index (χ3v) is 5.24. The average molecular weight is 338 g/mol. The van der Waals surface area contributed by atoms with Crippen molar-refractivity contribution in [1.82, 2.24) is 9.71 Å². The quantitative estimate of drug-likeness (QED) is 0.839. The lowest BCUT2D eigenvalue weighted by molar-refractivity contribution is 0.580. The molecule has 0 saturated carbocycles. The Morgan fingerprint density at radius 2 is 2.11 bits per heavy atom. The molecule has 1 aromatic heterocycles. The van der Waals surface area contributed by atoms with Gasteiger partial charge in [-0.05, 0) is 12.1 Å². The molecule has 0 radical (unpaired) electrons. The lowest BCUT2D eigenvalue weighted by Crippen LogP contribution is -2.24. The van der Waals surface area contributed by atoms with Crippen molar-refractivity contribution in [3.8, 4) is 0 Å². The van der Waals surface area contributed by atoms with Gasteiger partial charge in [0, 0.05) is 5.38 Å². The maximum atomic E-state index is 12.1. The van der Waals surface area contributed by atoms with E-state index in [9.17, 15) is 8.42 Å². The van der Waals surface area contributed by atoms with Gasteiger partial charge in [-0.15, -0.1) is 11.3 Å². The van der Waals surface area contributed by atoms with Crippen LogP contribution in [-0.4, -0.2) is 13.4 Å². The zero-order chi connectivity index (χ0) is 14.0. The number of nitrogen functional groups attached to an aromatic ring is 1. The van der Waals surface area contributed by atoms with Gasteiger partial charge in [0.1, 0.15) is 4.90 Å². The SMILES string of the molecule is Nc1c(Cl)ccc(S(=O)(=O)NCc2cscn2)c1Cl. The van der Waals surface area contributed by atoms with Gasteiger partial charge in [0.05, 0.1) is 33.5 Å². The number of nitrogens with one attached hydrogen (secondary N) is 1. The van der Waals surface area contributed by atoms with Gasteiger partial charge in [0.15, 0.2) is 0 Å². The molecule has 0 amide bonds. The van der Waals surface area contributed by atoms with Gasteiger partial charge in [-0.3, -0.25) is 0 Å². The van der Waals surface area contributed by atoms with Crippen molar-refractivity contribution >= 4 is 50.2 Å². The third-order valence-electron chi connectivity index (χ3n) is 2.31. The van der Waals surface area contributed by atoms with Gasteiger partial charge in [0.25, 0.3) is 0 Å². The maximum absolute atomic E-state index is 12.1. The second-order valence-electron chi connectivity index (χ2n) is 3.58. The topological polar surface area (TPSA) is 85.1 Å². The molecular weight excluding hydrogens is 329 g/mol. The molecule has 1 aromatic carbocycles. The number of halogens is 2. The van der Waals surface area contributed by atoms with Gasteiger partial charge in [0.2, 0.25) is 10.0 Å². The van der Waals surface area contributed by atoms with Crippen LogP contribution < -0.4 is 10.5 Å². The molecule has 1 heterocycles. The Hall–Kier alpha value is -0.860. The largest absolute Gasteiger partial charge is 0.396 e. The maximum Gasteiger partial charge on any atom is 0.242 e. The molecular formula is C10H9Cl2N3O2S2. The fraction of sp³-hybridized carbons (Fsp3) is 0.100. The zero-order valence-corrected chi connectivity index (χ0v) is 12.6. The molecule has 19 heavy (non-hydrogen) atoms. The summed E-state index contributed by atoms with van der Waals surface area (Å²) in [6.45, 7) is 0.0880. The fourth-order valence-electron chi connectivity index (χ4n) is 1.33. The van der Waals surface area contributed by atoms with E-state index in [1.54, 1.807) is 10.9 Å². The van der Waals surface area contributed by atoms with Gasteiger partial charge in [-0.1, -0.05) is 23.2 Å². The molecule has 2 rings (SSSR count). The summed E-state index contributed by atoms with van der Waals surface area (Å²) in [5.41, 5.74) is 7.90. The second-order valence-corrected chi connectivity index (χ2v) is 6.82. The third kappa shape index (κ3) is 3.18. The highest BCUT2D eigenvalue weighted by Crippen LogP contribution is 2.32. The molecule has 5 nitrogen and oxygen atoms in total. The number of benzene rings is 1. The van der Waals surface area contributed by atoms with Crippen LogP contribution in [0.2, 0.25) is 10.0 Å². The van der Waals surface area contributed by atoms with Crippen molar-refractivity contribution in [2.45, 2.75) is 11.4 Å². The molecule has 0 atom stereocenters. The molecule has 0 unspecified atom stereocenters. The van der Waals surface area contributed by atoms with Crippen molar-refractivity contribution < 1.29 is 8.42 Å². The van der Waals surface area contributed by atoms with E-state index in [2.05, 4.69) is 9.71 Å². The Kier molecular flexibility index (Phi) is 4.32. The number of sulfonamides is 1. The molecule has 0 aliphatic rings. The number of nitrogens with zero attached hydrogens (tertiary/aromatic N) is 1. The molecule has 0 spiro atoms. The summed E-state index contributed by atoms with van der Waals surface area (Å²) in [4.78, 5) is 3.87. The fourth-order valence-corrected chi connectivity index (χ4v) is 3.65. The lowest BCUT2D eigenvalue weighted by atomic mass is 10.3. The minimum atomic E-state index is -3.76. The summed E-state index contributed by atoms with van der Waals surface area (Å²) < 4.78 is 26.6. The standard InChI is InChI=1S/C10H9Cl2N3O2S2/c11-7-1-2-8(9(12)10(7)13)19(16,17)15-3-6-4-18-5-14-6/h1-2,4-5,15H,3,13H2. The molecule has 102 valence electrons. The first-order valence-corrected chi connectivity index (χ1v) is 8.20. The molecule has 2 aromatic rings. The van der Waals surface area contributed by atoms with E-state index in [1.165, 1.54) is 23.5 Å². The van der Waals surface area contributed by atoms with Gasteiger partial charge < -0.3 is 5.73 Å². The van der Waals surface area contributed by atoms with Crippen LogP contribution in [0.15, 0.2) is 27.9 Å². The molecule has 0 fully saturated rings. The predicted octanol–water partition coefficient (Wildman–Crippen LogP) is 2.51. The Morgan fingerprint density at radius 3 is 2.74 bits per heavy atom. The van der Waals surface area contributed by atoms with Crippen LogP contribution >= 0.6 is 34.5 Å². The Bertz CT molecular complexity index is 687. The Morgan fingerprint density at radius 1 is 1.37 bits per heavy atom. The van der Waals surface area contributed by atoms with E-state index in [-0.39, 0.29) is 27.2 Å². The summed E-state index contributed by atoms with van der Waals surface area (Å²) >= 11 is 13.0. The smallest absolute Gasteiger partial charge is 0.242 e. The summed E-state index contributed by atoms with van der Waals surface area (Å²) in [6.07, 6.45) is 0. The van der Waals surface area contributed by atoms with Crippen LogP contribution in [-0.2, 0) is 16.6 Å². The summed E-state index contributed by atoms with van der Waals surface area (Å²) in [5.74, 6) is 0. The molecule has 3 N–H and O–H groups in total. The molecule has 0 bridgehead atoms. The van der Waals surface area contributed by atoms with Gasteiger partial charge in [-0.2, -0.15) is 0 Å². The minimum Gasteiger partial charge on any atom is -0.396 e. The number of hydrogen-bond acceptors (Lipinski definition) is 5. The van der Waals surface area contributed by atoms with E-state index in [4.69, 9.17) is 28.9 Å². The van der Waals surface area contributed by atoms with E-state index >= 15 is 0 Å². The highest BCUT2D eigenvalue weighted by Gasteiger charge is 2.20. The van der Waals surface area contributed by atoms with Crippen LogP contribution in [0.1, 0.15) is 5.69 Å². The van der Waals surface area contributed by atoms with E-state index in [1.807, 2.05) is 0 Å². The number of nitrogens with two attached hydrogens (primary N) is 1. The van der Waals surface area contributed by atoms with Crippen LogP contribution in [0.25, 0.3) is 0 Å². The first kappa shape index (κ1) is 14.5. The summed E-state index contributed by atoms with van der Waals surface area (Å²) in [7, 11) is -3.76. The molecule has 0 saturated heterocycles. The van der Waals surface area contributed by atoms with Crippen molar-refractivity contribution in [2.75, 3.05) is 5.73 Å². The summed E-state index contributed by atoms with van der Waals surface area (Å²) in [6, 6.07) is 2.70. The van der Waals surface area contributed by atoms with E-state index in [0.29, 0.717) is 5.69 Å². The molecule has 0 aliphatic carbocycles. The molecule has 0 aliphatic heterocycles. The van der Waals surface area contributed by atoms with Crippen LogP contribution in [0.5, 0.6) is 0 Å². The first-order chi connectivity index (χ1) is 8.92. The number of thiazole rings is 1. The number of anilines is 1. The number of rotatable bonds is 4. The van der Waals surface area contributed by atoms with Gasteiger partial charge >= 0.3 is 0 Å². The molecule has 9 heteroatoms. The first-order valence-electron chi connectivity index (χ1n) is 5.02. The number of hydrogen-bond donors (Lipinski definition) is 2. The van der Waals surface area contributed by atoms with Gasteiger partial charge in [-0.25, -0.2) is 18.1 Å². The zero-order valence-electron chi connectivity index (χ0n) is 9.43. The highest BCUT2D eigenvalue weighted by atomic mass is 35.5. The normalized spacial score (nSPS) is 11.7. The van der Waals surface area contributed by atoms with Crippen molar-refractivity contribution in [3.63, 3.8) is 0 Å². The summed E-state index contributed by atoms with van der Waals surface area (Å²) in [5, 5.41) is 1.88. The van der Waals surface area contributed by atoms with Crippen LogP contribution in [0.3, 0.4) is 0 Å². The highest BCUT2D eigenvalue weighted by molar-refractivity contribution is 7.89. The average Bonchev–Trinajstić information content (AvgIpc) is 2.86.